The number of amides is 2. The molecule has 0 atom stereocenters. The summed E-state index contributed by atoms with van der Waals surface area (Å²) >= 11 is 6.08. The van der Waals surface area contributed by atoms with Gasteiger partial charge in [0.15, 0.2) is 0 Å². The predicted octanol–water partition coefficient (Wildman–Crippen LogP) is 3.21. The number of halogens is 1. The van der Waals surface area contributed by atoms with E-state index in [-0.39, 0.29) is 12.1 Å². The molecule has 2 amide bonds. The van der Waals surface area contributed by atoms with Gasteiger partial charge in [-0.1, -0.05) is 29.8 Å². The van der Waals surface area contributed by atoms with Crippen LogP contribution in [0.1, 0.15) is 19.8 Å². The molecule has 26 heavy (non-hydrogen) atoms. The highest BCUT2D eigenvalue weighted by atomic mass is 35.5. The van der Waals surface area contributed by atoms with Crippen LogP contribution in [0.15, 0.2) is 36.4 Å². The number of hydrogen-bond acceptors (Lipinski definition) is 3. The Hall–Kier alpha value is -1.72. The van der Waals surface area contributed by atoms with Gasteiger partial charge < -0.3 is 15.1 Å². The predicted molar refractivity (Wildman–Crippen MR) is 108 cm³/mol. The Kier molecular flexibility index (Phi) is 6.43. The van der Waals surface area contributed by atoms with Crippen LogP contribution >= 0.6 is 11.6 Å². The molecule has 2 heterocycles. The first-order valence-corrected chi connectivity index (χ1v) is 9.82. The van der Waals surface area contributed by atoms with Gasteiger partial charge in [-0.05, 0) is 38.0 Å². The summed E-state index contributed by atoms with van der Waals surface area (Å²) in [6.45, 7) is 12.2. The second kappa shape index (κ2) is 8.78. The van der Waals surface area contributed by atoms with E-state index in [4.69, 9.17) is 11.6 Å². The van der Waals surface area contributed by atoms with Crippen LogP contribution in [0.25, 0.3) is 0 Å². The van der Waals surface area contributed by atoms with Crippen molar-refractivity contribution in [3.8, 4) is 0 Å². The minimum Gasteiger partial charge on any atom is -0.368 e. The van der Waals surface area contributed by atoms with E-state index >= 15 is 0 Å². The maximum Gasteiger partial charge on any atom is 0.317 e. The molecule has 2 saturated heterocycles. The fraction of sp³-hybridized carbons (Fsp3) is 0.550. The lowest BCUT2D eigenvalue weighted by atomic mass is 10.0. The van der Waals surface area contributed by atoms with Crippen LogP contribution in [0.2, 0.25) is 5.02 Å². The van der Waals surface area contributed by atoms with Crippen molar-refractivity contribution in [1.29, 1.82) is 0 Å². The van der Waals surface area contributed by atoms with Crippen LogP contribution in [-0.2, 0) is 0 Å². The molecule has 0 spiro atoms. The summed E-state index contributed by atoms with van der Waals surface area (Å²) in [5.41, 5.74) is 2.33. The molecule has 2 aliphatic rings. The van der Waals surface area contributed by atoms with Crippen molar-refractivity contribution in [2.45, 2.75) is 25.8 Å². The van der Waals surface area contributed by atoms with E-state index in [9.17, 15) is 4.79 Å². The smallest absolute Gasteiger partial charge is 0.317 e. The monoisotopic (exact) mass is 376 g/mol. The van der Waals surface area contributed by atoms with E-state index in [0.717, 1.165) is 69.4 Å². The zero-order chi connectivity index (χ0) is 18.5. The number of nitrogens with zero attached hydrogens (tertiary/aromatic N) is 3. The van der Waals surface area contributed by atoms with Gasteiger partial charge in [-0.25, -0.2) is 4.79 Å². The number of rotatable bonds is 4. The van der Waals surface area contributed by atoms with Gasteiger partial charge in [0, 0.05) is 62.6 Å². The first-order valence-electron chi connectivity index (χ1n) is 9.44. The number of carbonyl (C=O) groups excluding carboxylic acids is 1. The van der Waals surface area contributed by atoms with Gasteiger partial charge in [-0.2, -0.15) is 0 Å². The quantitative estimate of drug-likeness (QED) is 0.820. The number of benzene rings is 1. The fourth-order valence-corrected chi connectivity index (χ4v) is 3.91. The second-order valence-corrected chi connectivity index (χ2v) is 7.85. The lowest BCUT2D eigenvalue weighted by Gasteiger charge is -2.38. The van der Waals surface area contributed by atoms with Crippen LogP contribution in [0, 0.1) is 0 Å². The Bertz CT molecular complexity index is 634. The van der Waals surface area contributed by atoms with Gasteiger partial charge in [0.25, 0.3) is 0 Å². The molecule has 0 radical (unpaired) electrons. The summed E-state index contributed by atoms with van der Waals surface area (Å²) in [6, 6.07) is 8.27. The first kappa shape index (κ1) is 19.1. The van der Waals surface area contributed by atoms with Gasteiger partial charge in [0.2, 0.25) is 0 Å². The van der Waals surface area contributed by atoms with Crippen LogP contribution in [0.5, 0.6) is 0 Å². The van der Waals surface area contributed by atoms with E-state index in [0.29, 0.717) is 0 Å². The molecule has 2 aliphatic heterocycles. The molecule has 0 saturated carbocycles. The second-order valence-electron chi connectivity index (χ2n) is 7.41. The van der Waals surface area contributed by atoms with Gasteiger partial charge in [-0.3, -0.25) is 4.90 Å². The minimum atomic E-state index is 0.0779. The minimum absolute atomic E-state index is 0.0779. The third kappa shape index (κ3) is 5.15. The highest BCUT2D eigenvalue weighted by Crippen LogP contribution is 2.21. The molecule has 0 aliphatic carbocycles. The van der Waals surface area contributed by atoms with Crippen molar-refractivity contribution in [3.05, 3.63) is 41.4 Å². The third-order valence-corrected chi connectivity index (χ3v) is 5.38. The first-order chi connectivity index (χ1) is 12.5. The molecule has 6 heteroatoms. The number of nitrogens with one attached hydrogen (secondary N) is 1. The number of hydrogen-bond donors (Lipinski definition) is 1. The molecular weight excluding hydrogens is 348 g/mol. The summed E-state index contributed by atoms with van der Waals surface area (Å²) in [7, 11) is 0. The number of likely N-dealkylation sites (tertiary alicyclic amines) is 1. The Morgan fingerprint density at radius 3 is 2.50 bits per heavy atom. The molecule has 1 aromatic rings. The highest BCUT2D eigenvalue weighted by Gasteiger charge is 2.25. The van der Waals surface area contributed by atoms with E-state index in [1.54, 1.807) is 0 Å². The van der Waals surface area contributed by atoms with Crippen molar-refractivity contribution < 1.29 is 4.79 Å². The molecule has 5 nitrogen and oxygen atoms in total. The largest absolute Gasteiger partial charge is 0.368 e. The normalized spacial score (nSPS) is 19.5. The van der Waals surface area contributed by atoms with Crippen molar-refractivity contribution in [2.24, 2.45) is 0 Å². The van der Waals surface area contributed by atoms with E-state index in [2.05, 4.69) is 34.7 Å². The highest BCUT2D eigenvalue weighted by molar-refractivity contribution is 6.30. The standard InChI is InChI=1S/C20H29ClN4O/c1-16(2)15-23-8-6-18(7-9-23)22-20(26)25-12-10-24(11-13-25)19-5-3-4-17(21)14-19/h3-5,14,18H,1,6-13,15H2,2H3,(H,22,26). The zero-order valence-corrected chi connectivity index (χ0v) is 16.3. The molecule has 1 N–H and O–H groups in total. The summed E-state index contributed by atoms with van der Waals surface area (Å²) in [6.07, 6.45) is 2.03. The topological polar surface area (TPSA) is 38.8 Å². The van der Waals surface area contributed by atoms with Gasteiger partial charge in [0.05, 0.1) is 0 Å². The molecule has 0 bridgehead atoms. The van der Waals surface area contributed by atoms with Gasteiger partial charge in [0.1, 0.15) is 0 Å². The maximum atomic E-state index is 12.6. The van der Waals surface area contributed by atoms with Crippen molar-refractivity contribution >= 4 is 23.3 Å². The Morgan fingerprint density at radius 2 is 1.88 bits per heavy atom. The number of piperidine rings is 1. The fourth-order valence-electron chi connectivity index (χ4n) is 3.72. The Labute approximate surface area is 161 Å². The zero-order valence-electron chi connectivity index (χ0n) is 15.6. The van der Waals surface area contributed by atoms with Crippen LogP contribution in [0.3, 0.4) is 0 Å². The SMILES string of the molecule is C=C(C)CN1CCC(NC(=O)N2CCN(c3cccc(Cl)c3)CC2)CC1. The average Bonchev–Trinajstić information content (AvgIpc) is 2.63. The van der Waals surface area contributed by atoms with Crippen LogP contribution < -0.4 is 10.2 Å². The van der Waals surface area contributed by atoms with Crippen LogP contribution in [-0.4, -0.2) is 67.7 Å². The Balaban J connectivity index is 1.42. The summed E-state index contributed by atoms with van der Waals surface area (Å²) in [5.74, 6) is 0. The number of anilines is 1. The molecule has 0 unspecified atom stereocenters. The van der Waals surface area contributed by atoms with Gasteiger partial charge in [-0.15, -0.1) is 0 Å². The Morgan fingerprint density at radius 1 is 1.19 bits per heavy atom. The molecule has 3 rings (SSSR count). The number of urea groups is 1. The van der Waals surface area contributed by atoms with E-state index in [1.807, 2.05) is 23.1 Å². The number of piperazine rings is 1. The maximum absolute atomic E-state index is 12.6. The van der Waals surface area contributed by atoms with Crippen molar-refractivity contribution in [2.75, 3.05) is 50.7 Å². The summed E-state index contributed by atoms with van der Waals surface area (Å²) in [4.78, 5) is 19.2. The molecule has 1 aromatic carbocycles. The van der Waals surface area contributed by atoms with Crippen LogP contribution in [0.4, 0.5) is 10.5 Å². The van der Waals surface area contributed by atoms with Crippen molar-refractivity contribution in [3.63, 3.8) is 0 Å². The lowest BCUT2D eigenvalue weighted by Crippen LogP contribution is -2.55. The average molecular weight is 377 g/mol. The summed E-state index contributed by atoms with van der Waals surface area (Å²) < 4.78 is 0. The number of carbonyl (C=O) groups is 1. The van der Waals surface area contributed by atoms with Crippen molar-refractivity contribution in [1.82, 2.24) is 15.1 Å². The third-order valence-electron chi connectivity index (χ3n) is 5.15. The molecular formula is C20H29ClN4O. The summed E-state index contributed by atoms with van der Waals surface area (Å²) in [5, 5.41) is 3.98. The van der Waals surface area contributed by atoms with Gasteiger partial charge >= 0.3 is 6.03 Å². The lowest BCUT2D eigenvalue weighted by molar-refractivity contribution is 0.174. The molecule has 2 fully saturated rings. The van der Waals surface area contributed by atoms with E-state index in [1.165, 1.54) is 5.57 Å². The van der Waals surface area contributed by atoms with E-state index < -0.39 is 0 Å². The molecule has 0 aromatic heterocycles. The molecule has 142 valence electrons.